The number of para-hydroxylation sites is 1. The van der Waals surface area contributed by atoms with Crippen LogP contribution in [0.3, 0.4) is 0 Å². The van der Waals surface area contributed by atoms with E-state index in [9.17, 15) is 0 Å². The molecule has 3 aromatic carbocycles. The number of aromatic nitrogens is 2. The molecule has 1 aromatic heterocycles. The number of nitrogens with zero attached hydrogens (tertiary/aromatic N) is 4. The molecule has 6 rings (SSSR count). The Morgan fingerprint density at radius 2 is 1.50 bits per heavy atom. The minimum absolute atomic E-state index is 0.0664. The lowest BCUT2D eigenvalue weighted by Crippen LogP contribution is -2.40. The van der Waals surface area contributed by atoms with Crippen molar-refractivity contribution in [2.24, 2.45) is 4.99 Å². The first-order valence-electron chi connectivity index (χ1n) is 11.0. The summed E-state index contributed by atoms with van der Waals surface area (Å²) < 4.78 is 16.9. The van der Waals surface area contributed by atoms with Gasteiger partial charge in [0.2, 0.25) is 0 Å². The van der Waals surface area contributed by atoms with Gasteiger partial charge in [0.05, 0.1) is 23.0 Å². The molecule has 1 fully saturated rings. The van der Waals surface area contributed by atoms with E-state index in [1.165, 1.54) is 11.6 Å². The fraction of sp³-hybridized carbons (Fsp3) is 0.185. The van der Waals surface area contributed by atoms with Gasteiger partial charge in [-0.05, 0) is 49.6 Å². The van der Waals surface area contributed by atoms with Crippen molar-refractivity contribution in [1.29, 1.82) is 0 Å². The largest absolute Gasteiger partial charge is 0.342 e. The number of benzene rings is 3. The molecule has 2 aliphatic rings. The average molecular weight is 423 g/mol. The van der Waals surface area contributed by atoms with E-state index >= 15 is 4.39 Å². The van der Waals surface area contributed by atoms with Crippen molar-refractivity contribution in [2.45, 2.75) is 31.8 Å². The lowest BCUT2D eigenvalue weighted by Gasteiger charge is -2.38. The van der Waals surface area contributed by atoms with E-state index in [2.05, 4.69) is 29.2 Å². The van der Waals surface area contributed by atoms with Crippen molar-refractivity contribution in [2.75, 3.05) is 0 Å². The van der Waals surface area contributed by atoms with Gasteiger partial charge in [0.1, 0.15) is 11.7 Å². The minimum atomic E-state index is -0.255. The summed E-state index contributed by atoms with van der Waals surface area (Å²) in [7, 11) is 0. The van der Waals surface area contributed by atoms with E-state index in [0.717, 1.165) is 35.6 Å². The third-order valence-corrected chi connectivity index (χ3v) is 6.26. The summed E-state index contributed by atoms with van der Waals surface area (Å²) in [4.78, 5) is 7.41. The van der Waals surface area contributed by atoms with Crippen LogP contribution in [0.15, 0.2) is 89.9 Å². The van der Waals surface area contributed by atoms with E-state index < -0.39 is 0 Å². The molecule has 0 saturated heterocycles. The van der Waals surface area contributed by atoms with Crippen LogP contribution < -0.4 is 0 Å². The van der Waals surface area contributed by atoms with E-state index in [4.69, 9.17) is 10.1 Å². The van der Waals surface area contributed by atoms with Crippen LogP contribution in [0.1, 0.15) is 41.3 Å². The van der Waals surface area contributed by atoms with Crippen molar-refractivity contribution < 1.29 is 4.39 Å². The highest BCUT2D eigenvalue weighted by Gasteiger charge is 2.43. The number of fused-ring (bicyclic) bond motifs is 1. The van der Waals surface area contributed by atoms with Gasteiger partial charge in [-0.15, -0.1) is 0 Å². The van der Waals surface area contributed by atoms with Gasteiger partial charge >= 0.3 is 0 Å². The van der Waals surface area contributed by atoms with Crippen molar-refractivity contribution in [1.82, 2.24) is 14.7 Å². The predicted molar refractivity (Wildman–Crippen MR) is 124 cm³/mol. The Labute approximate surface area is 186 Å². The zero-order chi connectivity index (χ0) is 21.7. The van der Waals surface area contributed by atoms with Gasteiger partial charge in [0, 0.05) is 11.6 Å². The first-order valence-corrected chi connectivity index (χ1v) is 11.0. The Balaban J connectivity index is 1.65. The number of rotatable bonds is 4. The van der Waals surface area contributed by atoms with Crippen LogP contribution in [-0.4, -0.2) is 26.6 Å². The Hall–Kier alpha value is -3.73. The van der Waals surface area contributed by atoms with E-state index in [1.54, 1.807) is 6.07 Å². The van der Waals surface area contributed by atoms with Crippen molar-refractivity contribution in [3.63, 3.8) is 0 Å². The summed E-state index contributed by atoms with van der Waals surface area (Å²) in [5.41, 5.74) is 4.68. The molecule has 1 saturated carbocycles. The van der Waals surface area contributed by atoms with Crippen LogP contribution in [0.2, 0.25) is 0 Å². The monoisotopic (exact) mass is 422 g/mol. The van der Waals surface area contributed by atoms with Crippen LogP contribution >= 0.6 is 0 Å². The molecule has 1 atom stereocenters. The molecule has 32 heavy (non-hydrogen) atoms. The van der Waals surface area contributed by atoms with Crippen LogP contribution in [0, 0.1) is 12.7 Å². The second kappa shape index (κ2) is 7.45. The fourth-order valence-corrected chi connectivity index (χ4v) is 4.66. The lowest BCUT2D eigenvalue weighted by molar-refractivity contribution is 0.340. The molecule has 0 amide bonds. The summed E-state index contributed by atoms with van der Waals surface area (Å²) in [6.07, 6.45) is 2.16. The Bertz CT molecular complexity index is 1310. The Morgan fingerprint density at radius 3 is 2.19 bits per heavy atom. The number of hydrogen-bond donors (Lipinski definition) is 0. The molecule has 158 valence electrons. The summed E-state index contributed by atoms with van der Waals surface area (Å²) in [5, 5.41) is 4.89. The molecular weight excluding hydrogens is 399 g/mol. The number of hydrogen-bond acceptors (Lipinski definition) is 3. The van der Waals surface area contributed by atoms with E-state index in [-0.39, 0.29) is 11.9 Å². The highest BCUT2D eigenvalue weighted by atomic mass is 19.1. The molecule has 0 spiro atoms. The van der Waals surface area contributed by atoms with Crippen LogP contribution in [-0.2, 0) is 0 Å². The Kier molecular flexibility index (Phi) is 4.42. The summed E-state index contributed by atoms with van der Waals surface area (Å²) in [6, 6.07) is 27.7. The number of halogens is 1. The quantitative estimate of drug-likeness (QED) is 0.406. The minimum Gasteiger partial charge on any atom is -0.342 e. The third-order valence-electron chi connectivity index (χ3n) is 6.26. The van der Waals surface area contributed by atoms with Crippen LogP contribution in [0.25, 0.3) is 5.69 Å². The molecule has 4 aromatic rings. The normalized spacial score (nSPS) is 17.8. The maximum absolute atomic E-state index is 15.0. The zero-order valence-electron chi connectivity index (χ0n) is 17.8. The summed E-state index contributed by atoms with van der Waals surface area (Å²) in [5.74, 6) is 1.21. The topological polar surface area (TPSA) is 33.4 Å². The number of aryl methyl sites for hydroxylation is 1. The summed E-state index contributed by atoms with van der Waals surface area (Å²) in [6.45, 7) is 2.04. The molecule has 1 aliphatic carbocycles. The molecule has 0 N–H and O–H groups in total. The van der Waals surface area contributed by atoms with Crippen molar-refractivity contribution >= 4 is 11.7 Å². The smallest absolute Gasteiger partial charge is 0.163 e. The number of amidine groups is 1. The Morgan fingerprint density at radius 1 is 0.844 bits per heavy atom. The standard InChI is InChI=1S/C27H23FN4/c1-18-24-25(19-10-4-2-5-11-19)31(20-16-17-20)26(22-14-8-9-15-23(22)28)29-27(24)32(30-18)21-12-6-3-7-13-21/h2-15,20,25H,16-17H2,1H3/t25-/m0/s1. The second-order valence-corrected chi connectivity index (χ2v) is 8.44. The van der Waals surface area contributed by atoms with Gasteiger partial charge < -0.3 is 4.90 Å². The molecule has 0 radical (unpaired) electrons. The maximum atomic E-state index is 15.0. The molecule has 4 nitrogen and oxygen atoms in total. The predicted octanol–water partition coefficient (Wildman–Crippen LogP) is 5.97. The molecule has 2 heterocycles. The third kappa shape index (κ3) is 3.04. The van der Waals surface area contributed by atoms with Crippen molar-refractivity contribution in [3.05, 3.63) is 113 Å². The highest BCUT2D eigenvalue weighted by molar-refractivity contribution is 6.02. The van der Waals surface area contributed by atoms with Crippen LogP contribution in [0.4, 0.5) is 10.2 Å². The van der Waals surface area contributed by atoms with Gasteiger partial charge in [-0.2, -0.15) is 5.10 Å². The fourth-order valence-electron chi connectivity index (χ4n) is 4.66. The highest BCUT2D eigenvalue weighted by Crippen LogP contribution is 2.47. The maximum Gasteiger partial charge on any atom is 0.163 e. The van der Waals surface area contributed by atoms with Gasteiger partial charge in [0.15, 0.2) is 5.82 Å². The molecule has 0 unspecified atom stereocenters. The average Bonchev–Trinajstić information content (AvgIpc) is 3.63. The van der Waals surface area contributed by atoms with Gasteiger partial charge in [-0.25, -0.2) is 14.1 Å². The first kappa shape index (κ1) is 19.0. The molecule has 0 bridgehead atoms. The number of aliphatic imine (C=N–C) groups is 1. The second-order valence-electron chi connectivity index (χ2n) is 8.44. The van der Waals surface area contributed by atoms with Gasteiger partial charge in [-0.1, -0.05) is 60.7 Å². The van der Waals surface area contributed by atoms with Crippen molar-refractivity contribution in [3.8, 4) is 5.69 Å². The molecular formula is C27H23FN4. The molecule has 1 aliphatic heterocycles. The lowest BCUT2D eigenvalue weighted by atomic mass is 9.93. The van der Waals surface area contributed by atoms with Gasteiger partial charge in [0.25, 0.3) is 0 Å². The van der Waals surface area contributed by atoms with E-state index in [1.807, 2.05) is 60.1 Å². The first-order chi connectivity index (χ1) is 15.7. The van der Waals surface area contributed by atoms with Crippen LogP contribution in [0.5, 0.6) is 0 Å². The van der Waals surface area contributed by atoms with Gasteiger partial charge in [-0.3, -0.25) is 0 Å². The van der Waals surface area contributed by atoms with E-state index in [0.29, 0.717) is 17.4 Å². The molecule has 5 heteroatoms. The SMILES string of the molecule is Cc1nn(-c2ccccc2)c2c1[C@H](c1ccccc1)N(C1CC1)C(c1ccccc1F)=N2. The zero-order valence-corrected chi connectivity index (χ0v) is 17.8. The summed E-state index contributed by atoms with van der Waals surface area (Å²) >= 11 is 0.